The third-order valence-electron chi connectivity index (χ3n) is 6.17. The lowest BCUT2D eigenvalue weighted by Gasteiger charge is -2.19. The molecule has 0 radical (unpaired) electrons. The van der Waals surface area contributed by atoms with Gasteiger partial charge in [-0.3, -0.25) is 4.68 Å². The number of hydrogen-bond donors (Lipinski definition) is 0. The second kappa shape index (κ2) is 10.6. The van der Waals surface area contributed by atoms with Gasteiger partial charge >= 0.3 is 5.82 Å². The Balaban J connectivity index is 1.51. The summed E-state index contributed by atoms with van der Waals surface area (Å²) >= 11 is 3.21. The lowest BCUT2D eigenvalue weighted by atomic mass is 10.1. The molecule has 1 atom stereocenters. The molecule has 4 aromatic rings. The van der Waals surface area contributed by atoms with Crippen LogP contribution in [0.2, 0.25) is 0 Å². The number of hydrogen-bond acceptors (Lipinski definition) is 6. The predicted octanol–water partition coefficient (Wildman–Crippen LogP) is 6.35. The normalized spacial score (nSPS) is 14.2. The number of benzene rings is 1. The van der Waals surface area contributed by atoms with Crippen molar-refractivity contribution in [1.82, 2.24) is 24.5 Å². The average Bonchev–Trinajstić information content (AvgIpc) is 3.40. The van der Waals surface area contributed by atoms with Crippen molar-refractivity contribution in [2.75, 3.05) is 0 Å². The SMILES string of the molecule is C[C@@H](Oc1cc(Br)cnc1[N+](=O)[O-])c1cc(F)ccc1-n1nc(C(F)F)cc1Cc1cnn(CC2CC2)c1. The molecule has 3 heterocycles. The first kappa shape index (κ1) is 25.9. The number of pyridine rings is 1. The molecule has 0 aliphatic heterocycles. The fourth-order valence-electron chi connectivity index (χ4n) is 4.19. The summed E-state index contributed by atoms with van der Waals surface area (Å²) in [6.07, 6.45) is 3.70. The molecule has 1 aliphatic carbocycles. The molecular weight excluding hydrogens is 569 g/mol. The number of aromatic nitrogens is 5. The summed E-state index contributed by atoms with van der Waals surface area (Å²) in [4.78, 5) is 14.5. The van der Waals surface area contributed by atoms with Crippen molar-refractivity contribution < 1.29 is 22.8 Å². The van der Waals surface area contributed by atoms with Crippen LogP contribution in [0.25, 0.3) is 5.69 Å². The third-order valence-corrected chi connectivity index (χ3v) is 6.61. The number of halogens is 4. The first-order valence-electron chi connectivity index (χ1n) is 11.8. The van der Waals surface area contributed by atoms with Crippen molar-refractivity contribution in [1.29, 1.82) is 0 Å². The number of rotatable bonds is 10. The molecule has 0 bridgehead atoms. The molecule has 0 spiro atoms. The number of nitrogens with zero attached hydrogens (tertiary/aromatic N) is 6. The number of nitro groups is 1. The minimum atomic E-state index is -2.82. The van der Waals surface area contributed by atoms with Crippen LogP contribution in [-0.4, -0.2) is 29.5 Å². The Hall–Kier alpha value is -3.74. The Bertz CT molecular complexity index is 1490. The zero-order valence-electron chi connectivity index (χ0n) is 20.1. The van der Waals surface area contributed by atoms with E-state index in [0.29, 0.717) is 21.8 Å². The standard InChI is InChI=1S/C25H22BrF3N6O3/c1-14(38-23-7-17(26)11-30-25(23)35(36)37)20-8-18(27)4-5-22(20)34-19(9-21(32-34)24(28)29)6-16-10-31-33(13-16)12-15-2-3-15/h4-5,7-11,13-15,24H,2-3,6,12H2,1H3/t14-/m1/s1. The highest BCUT2D eigenvalue weighted by Gasteiger charge is 2.25. The van der Waals surface area contributed by atoms with Crippen LogP contribution in [0.4, 0.5) is 19.0 Å². The van der Waals surface area contributed by atoms with Crippen LogP contribution < -0.4 is 4.74 Å². The lowest BCUT2D eigenvalue weighted by molar-refractivity contribution is -0.390. The second-order valence-electron chi connectivity index (χ2n) is 9.16. The minimum absolute atomic E-state index is 0.135. The van der Waals surface area contributed by atoms with Crippen LogP contribution in [0.15, 0.2) is 53.4 Å². The Kier molecular flexibility index (Phi) is 7.19. The topological polar surface area (TPSA) is 101 Å². The van der Waals surface area contributed by atoms with Gasteiger partial charge in [0.15, 0.2) is 6.20 Å². The van der Waals surface area contributed by atoms with E-state index in [9.17, 15) is 23.3 Å². The maximum Gasteiger partial charge on any atom is 0.406 e. The minimum Gasteiger partial charge on any atom is -0.478 e. The van der Waals surface area contributed by atoms with Crippen molar-refractivity contribution >= 4 is 21.7 Å². The van der Waals surface area contributed by atoms with Crippen LogP contribution in [0.5, 0.6) is 5.75 Å². The van der Waals surface area contributed by atoms with Gasteiger partial charge in [-0.25, -0.2) is 17.9 Å². The van der Waals surface area contributed by atoms with E-state index in [1.54, 1.807) is 13.1 Å². The van der Waals surface area contributed by atoms with Crippen LogP contribution >= 0.6 is 15.9 Å². The van der Waals surface area contributed by atoms with Crippen LogP contribution in [0, 0.1) is 21.8 Å². The molecule has 13 heteroatoms. The first-order valence-corrected chi connectivity index (χ1v) is 12.6. The zero-order chi connectivity index (χ0) is 27.0. The van der Waals surface area contributed by atoms with Gasteiger partial charge in [-0.1, -0.05) is 0 Å². The fraction of sp³-hybridized carbons (Fsp3) is 0.320. The van der Waals surface area contributed by atoms with Gasteiger partial charge in [-0.15, -0.1) is 0 Å². The van der Waals surface area contributed by atoms with Crippen LogP contribution in [0.1, 0.15) is 54.8 Å². The van der Waals surface area contributed by atoms with Crippen molar-refractivity contribution in [3.8, 4) is 11.4 Å². The molecule has 1 aliphatic rings. The van der Waals surface area contributed by atoms with E-state index in [-0.39, 0.29) is 17.7 Å². The summed E-state index contributed by atoms with van der Waals surface area (Å²) in [7, 11) is 0. The highest BCUT2D eigenvalue weighted by Crippen LogP contribution is 2.35. The molecule has 5 rings (SSSR count). The average molecular weight is 591 g/mol. The van der Waals surface area contributed by atoms with Gasteiger partial charge in [-0.05, 0) is 81.3 Å². The fourth-order valence-corrected chi connectivity index (χ4v) is 4.50. The molecule has 3 aromatic heterocycles. The second-order valence-corrected chi connectivity index (χ2v) is 10.1. The Morgan fingerprint density at radius 3 is 2.74 bits per heavy atom. The number of alkyl halides is 2. The summed E-state index contributed by atoms with van der Waals surface area (Å²) in [5.74, 6) is -0.617. The highest BCUT2D eigenvalue weighted by molar-refractivity contribution is 9.10. The molecule has 0 unspecified atom stereocenters. The summed E-state index contributed by atoms with van der Waals surface area (Å²) in [5.41, 5.74) is 1.39. The molecule has 9 nitrogen and oxygen atoms in total. The van der Waals surface area contributed by atoms with Gasteiger partial charge in [0.25, 0.3) is 6.43 Å². The van der Waals surface area contributed by atoms with Gasteiger partial charge in [0.05, 0.1) is 16.4 Å². The van der Waals surface area contributed by atoms with E-state index in [4.69, 9.17) is 4.74 Å². The largest absolute Gasteiger partial charge is 0.478 e. The molecule has 0 amide bonds. The van der Waals surface area contributed by atoms with Gasteiger partial charge in [0.2, 0.25) is 5.75 Å². The Labute approximate surface area is 223 Å². The summed E-state index contributed by atoms with van der Waals surface area (Å²) in [6.45, 7) is 2.39. The highest BCUT2D eigenvalue weighted by atomic mass is 79.9. The van der Waals surface area contributed by atoms with Gasteiger partial charge in [-0.2, -0.15) is 10.2 Å². The quantitative estimate of drug-likeness (QED) is 0.157. The third kappa shape index (κ3) is 5.72. The summed E-state index contributed by atoms with van der Waals surface area (Å²) in [6, 6.07) is 6.49. The predicted molar refractivity (Wildman–Crippen MR) is 134 cm³/mol. The molecular formula is C25H22BrF3N6O3. The molecule has 0 N–H and O–H groups in total. The first-order chi connectivity index (χ1) is 18.2. The Morgan fingerprint density at radius 1 is 1.24 bits per heavy atom. The van der Waals surface area contributed by atoms with E-state index < -0.39 is 34.8 Å². The van der Waals surface area contributed by atoms with Gasteiger partial charge in [0.1, 0.15) is 17.6 Å². The van der Waals surface area contributed by atoms with Crippen LogP contribution in [-0.2, 0) is 13.0 Å². The van der Waals surface area contributed by atoms with E-state index in [1.165, 1.54) is 54.1 Å². The van der Waals surface area contributed by atoms with Gasteiger partial charge < -0.3 is 14.9 Å². The van der Waals surface area contributed by atoms with E-state index in [1.807, 2.05) is 10.9 Å². The Morgan fingerprint density at radius 2 is 2.03 bits per heavy atom. The maximum absolute atomic E-state index is 14.4. The summed E-state index contributed by atoms with van der Waals surface area (Å²) in [5, 5.41) is 19.9. The van der Waals surface area contributed by atoms with Crippen molar-refractivity contribution in [3.63, 3.8) is 0 Å². The van der Waals surface area contributed by atoms with E-state index in [2.05, 4.69) is 31.1 Å². The monoisotopic (exact) mass is 590 g/mol. The zero-order valence-corrected chi connectivity index (χ0v) is 21.7. The van der Waals surface area contributed by atoms with Crippen LogP contribution in [0.3, 0.4) is 0 Å². The lowest BCUT2D eigenvalue weighted by Crippen LogP contribution is -2.12. The smallest absolute Gasteiger partial charge is 0.406 e. The molecule has 1 fully saturated rings. The molecule has 1 saturated carbocycles. The van der Waals surface area contributed by atoms with E-state index >= 15 is 0 Å². The molecule has 198 valence electrons. The van der Waals surface area contributed by atoms with Crippen molar-refractivity contribution in [2.45, 2.75) is 45.3 Å². The van der Waals surface area contributed by atoms with Gasteiger partial charge in [0, 0.05) is 36.5 Å². The van der Waals surface area contributed by atoms with Crippen molar-refractivity contribution in [3.05, 3.63) is 91.8 Å². The van der Waals surface area contributed by atoms with E-state index in [0.717, 1.165) is 12.1 Å². The summed E-state index contributed by atoms with van der Waals surface area (Å²) < 4.78 is 51.2. The molecule has 38 heavy (non-hydrogen) atoms. The molecule has 1 aromatic carbocycles. The number of ether oxygens (including phenoxy) is 1. The maximum atomic E-state index is 14.4. The van der Waals surface area contributed by atoms with Crippen molar-refractivity contribution in [2.24, 2.45) is 5.92 Å². The molecule has 0 saturated heterocycles.